The molecule has 0 bridgehead atoms. The summed E-state index contributed by atoms with van der Waals surface area (Å²) in [5.74, 6) is -2.72. The maximum Gasteiger partial charge on any atom is 0.257 e. The van der Waals surface area contributed by atoms with Crippen molar-refractivity contribution in [2.24, 2.45) is 0 Å². The highest BCUT2D eigenvalue weighted by molar-refractivity contribution is 7.22. The summed E-state index contributed by atoms with van der Waals surface area (Å²) in [5, 5.41) is 2.88. The Kier molecular flexibility index (Phi) is 3.11. The van der Waals surface area contributed by atoms with Gasteiger partial charge in [-0.1, -0.05) is 23.5 Å². The number of benzene rings is 1. The molecule has 0 unspecified atom stereocenters. The second kappa shape index (κ2) is 4.93. The number of para-hydroxylation sites is 1. The molecule has 2 aromatic heterocycles. The van der Waals surface area contributed by atoms with Crippen LogP contribution in [0.25, 0.3) is 10.2 Å². The van der Waals surface area contributed by atoms with E-state index in [1.165, 1.54) is 11.3 Å². The molecule has 0 saturated carbocycles. The Morgan fingerprint density at radius 2 is 1.80 bits per heavy atom. The number of rotatable bonds is 2. The number of nitrogens with one attached hydrogen (secondary N) is 1. The minimum atomic E-state index is -1.04. The van der Waals surface area contributed by atoms with Crippen LogP contribution in [0.4, 0.5) is 13.9 Å². The highest BCUT2D eigenvalue weighted by Gasteiger charge is 2.12. The molecule has 0 aliphatic rings. The van der Waals surface area contributed by atoms with Crippen molar-refractivity contribution in [3.05, 3.63) is 53.9 Å². The van der Waals surface area contributed by atoms with Gasteiger partial charge >= 0.3 is 0 Å². The van der Waals surface area contributed by atoms with Gasteiger partial charge in [-0.25, -0.2) is 4.98 Å². The van der Waals surface area contributed by atoms with E-state index in [4.69, 9.17) is 0 Å². The zero-order chi connectivity index (χ0) is 14.1. The van der Waals surface area contributed by atoms with Crippen molar-refractivity contribution in [1.82, 2.24) is 9.97 Å². The fourth-order valence-electron chi connectivity index (χ4n) is 1.69. The van der Waals surface area contributed by atoms with Gasteiger partial charge in [-0.05, 0) is 12.1 Å². The number of nitrogens with zero attached hydrogens (tertiary/aromatic N) is 2. The number of halogens is 2. The predicted molar refractivity (Wildman–Crippen MR) is 71.7 cm³/mol. The lowest BCUT2D eigenvalue weighted by atomic mass is 10.2. The number of carbonyl (C=O) groups excluding carboxylic acids is 1. The number of pyridine rings is 1. The first-order valence-corrected chi connectivity index (χ1v) is 6.43. The Hall–Kier alpha value is -2.41. The van der Waals surface area contributed by atoms with Crippen molar-refractivity contribution in [2.75, 3.05) is 5.32 Å². The number of fused-ring (bicyclic) bond motifs is 1. The average Bonchev–Trinajstić information content (AvgIpc) is 2.79. The van der Waals surface area contributed by atoms with Crippen LogP contribution in [0, 0.1) is 11.9 Å². The summed E-state index contributed by atoms with van der Waals surface area (Å²) in [6.45, 7) is 0. The van der Waals surface area contributed by atoms with E-state index < -0.39 is 17.8 Å². The van der Waals surface area contributed by atoms with Crippen molar-refractivity contribution in [2.45, 2.75) is 0 Å². The van der Waals surface area contributed by atoms with E-state index in [1.807, 2.05) is 24.3 Å². The number of hydrogen-bond donors (Lipinski definition) is 1. The fourth-order valence-corrected chi connectivity index (χ4v) is 2.55. The molecule has 0 saturated heterocycles. The Labute approximate surface area is 116 Å². The third kappa shape index (κ3) is 2.48. The molecule has 4 nitrogen and oxygen atoms in total. The monoisotopic (exact) mass is 291 g/mol. The summed E-state index contributed by atoms with van der Waals surface area (Å²) >= 11 is 1.28. The van der Waals surface area contributed by atoms with Crippen molar-refractivity contribution in [3.63, 3.8) is 0 Å². The van der Waals surface area contributed by atoms with E-state index in [2.05, 4.69) is 15.3 Å². The number of amides is 1. The minimum Gasteiger partial charge on any atom is -0.298 e. The first-order chi connectivity index (χ1) is 9.61. The van der Waals surface area contributed by atoms with Crippen molar-refractivity contribution < 1.29 is 13.6 Å². The summed E-state index contributed by atoms with van der Waals surface area (Å²) in [7, 11) is 0. The molecular formula is C13H7F2N3OS. The normalized spacial score (nSPS) is 10.7. The van der Waals surface area contributed by atoms with E-state index >= 15 is 0 Å². The Morgan fingerprint density at radius 3 is 2.50 bits per heavy atom. The molecule has 0 radical (unpaired) electrons. The minimum absolute atomic E-state index is 0.144. The zero-order valence-corrected chi connectivity index (χ0v) is 10.7. The van der Waals surface area contributed by atoms with Crippen LogP contribution in [0.2, 0.25) is 0 Å². The molecule has 7 heteroatoms. The van der Waals surface area contributed by atoms with Gasteiger partial charge in [0.15, 0.2) is 5.13 Å². The molecule has 0 fully saturated rings. The van der Waals surface area contributed by atoms with E-state index in [9.17, 15) is 13.6 Å². The van der Waals surface area contributed by atoms with Crippen LogP contribution in [0.5, 0.6) is 0 Å². The molecule has 0 aliphatic heterocycles. The molecule has 3 rings (SSSR count). The molecule has 1 N–H and O–H groups in total. The number of hydrogen-bond acceptors (Lipinski definition) is 4. The van der Waals surface area contributed by atoms with Crippen LogP contribution in [-0.2, 0) is 0 Å². The average molecular weight is 291 g/mol. The topological polar surface area (TPSA) is 54.9 Å². The van der Waals surface area contributed by atoms with Gasteiger partial charge in [0.05, 0.1) is 10.2 Å². The molecule has 1 aromatic carbocycles. The maximum absolute atomic E-state index is 13.0. The second-order valence-electron chi connectivity index (χ2n) is 3.94. The van der Waals surface area contributed by atoms with Gasteiger partial charge in [-0.3, -0.25) is 10.1 Å². The smallest absolute Gasteiger partial charge is 0.257 e. The van der Waals surface area contributed by atoms with Gasteiger partial charge in [0, 0.05) is 17.7 Å². The number of thiazole rings is 1. The van der Waals surface area contributed by atoms with Crippen molar-refractivity contribution in [3.8, 4) is 0 Å². The molecule has 2 heterocycles. The lowest BCUT2D eigenvalue weighted by Crippen LogP contribution is -2.12. The Morgan fingerprint density at radius 1 is 1.10 bits per heavy atom. The summed E-state index contributed by atoms with van der Waals surface area (Å²) in [6, 6.07) is 9.11. The van der Waals surface area contributed by atoms with E-state index in [1.54, 1.807) is 0 Å². The lowest BCUT2D eigenvalue weighted by Gasteiger charge is -2.01. The maximum atomic E-state index is 13.0. The third-order valence-corrected chi connectivity index (χ3v) is 3.49. The zero-order valence-electron chi connectivity index (χ0n) is 9.93. The number of anilines is 1. The first kappa shape index (κ1) is 12.6. The van der Waals surface area contributed by atoms with Crippen molar-refractivity contribution in [1.29, 1.82) is 0 Å². The van der Waals surface area contributed by atoms with Crippen LogP contribution in [-0.4, -0.2) is 15.9 Å². The van der Waals surface area contributed by atoms with Gasteiger partial charge in [-0.2, -0.15) is 13.8 Å². The SMILES string of the molecule is O=C(Nc1nc2ccccc2s1)c1cc(F)nc(F)c1. The van der Waals surface area contributed by atoms with Gasteiger partial charge in [0.25, 0.3) is 5.91 Å². The highest BCUT2D eigenvalue weighted by Crippen LogP contribution is 2.25. The van der Waals surface area contributed by atoms with E-state index in [-0.39, 0.29) is 5.56 Å². The Balaban J connectivity index is 1.88. The van der Waals surface area contributed by atoms with Crippen LogP contribution in [0.3, 0.4) is 0 Å². The molecule has 100 valence electrons. The van der Waals surface area contributed by atoms with Gasteiger partial charge < -0.3 is 0 Å². The third-order valence-electron chi connectivity index (χ3n) is 2.54. The summed E-state index contributed by atoms with van der Waals surface area (Å²) in [5.41, 5.74) is 0.606. The quantitative estimate of drug-likeness (QED) is 0.738. The first-order valence-electron chi connectivity index (χ1n) is 5.62. The Bertz CT molecular complexity index is 750. The van der Waals surface area contributed by atoms with Gasteiger partial charge in [-0.15, -0.1) is 0 Å². The predicted octanol–water partition coefficient (Wildman–Crippen LogP) is 3.22. The molecule has 3 aromatic rings. The van der Waals surface area contributed by atoms with Crippen LogP contribution in [0.1, 0.15) is 10.4 Å². The standard InChI is InChI=1S/C13H7F2N3OS/c14-10-5-7(6-11(15)17-10)12(19)18-13-16-8-3-1-2-4-9(8)20-13/h1-6H,(H,16,18,19). The number of carbonyl (C=O) groups is 1. The summed E-state index contributed by atoms with van der Waals surface area (Å²) < 4.78 is 26.8. The van der Waals surface area contributed by atoms with E-state index in [0.29, 0.717) is 5.13 Å². The van der Waals surface area contributed by atoms with Crippen LogP contribution in [0.15, 0.2) is 36.4 Å². The van der Waals surface area contributed by atoms with E-state index in [0.717, 1.165) is 22.3 Å². The second-order valence-corrected chi connectivity index (χ2v) is 4.97. The highest BCUT2D eigenvalue weighted by atomic mass is 32.1. The lowest BCUT2D eigenvalue weighted by molar-refractivity contribution is 0.102. The molecule has 20 heavy (non-hydrogen) atoms. The summed E-state index contributed by atoms with van der Waals surface area (Å²) in [4.78, 5) is 19.0. The van der Waals surface area contributed by atoms with Gasteiger partial charge in [0.2, 0.25) is 11.9 Å². The molecular weight excluding hydrogens is 284 g/mol. The molecule has 0 atom stereocenters. The fraction of sp³-hybridized carbons (Fsp3) is 0. The van der Waals surface area contributed by atoms with Crippen molar-refractivity contribution >= 4 is 32.6 Å². The van der Waals surface area contributed by atoms with Crippen LogP contribution >= 0.6 is 11.3 Å². The molecule has 0 aliphatic carbocycles. The molecule has 0 spiro atoms. The summed E-state index contributed by atoms with van der Waals surface area (Å²) in [6.07, 6.45) is 0. The van der Waals surface area contributed by atoms with Gasteiger partial charge in [0.1, 0.15) is 0 Å². The van der Waals surface area contributed by atoms with Crippen LogP contribution < -0.4 is 5.32 Å². The largest absolute Gasteiger partial charge is 0.298 e. The molecule has 1 amide bonds. The number of aromatic nitrogens is 2.